The molecule has 1 aromatic heterocycles. The summed E-state index contributed by atoms with van der Waals surface area (Å²) < 4.78 is 6.46. The lowest BCUT2D eigenvalue weighted by atomic mass is 10.1. The molecule has 2 heterocycles. The fourth-order valence-corrected chi connectivity index (χ4v) is 2.39. The van der Waals surface area contributed by atoms with Crippen LogP contribution in [0, 0.1) is 12.8 Å². The molecule has 0 amide bonds. The second kappa shape index (κ2) is 6.69. The summed E-state index contributed by atoms with van der Waals surface area (Å²) in [6, 6.07) is 0. The quantitative estimate of drug-likeness (QED) is 0.576. The van der Waals surface area contributed by atoms with Crippen molar-refractivity contribution in [2.75, 3.05) is 11.9 Å². The number of aliphatic hydroxyl groups excluding tert-OH is 3. The van der Waals surface area contributed by atoms with Gasteiger partial charge in [-0.05, 0) is 12.8 Å². The van der Waals surface area contributed by atoms with Crippen molar-refractivity contribution in [1.82, 2.24) is 9.55 Å². The number of anilines is 1. The molecule has 0 spiro atoms. The maximum Gasteiger partial charge on any atom is 0.351 e. The van der Waals surface area contributed by atoms with Crippen LogP contribution in [0.3, 0.4) is 0 Å². The zero-order valence-corrected chi connectivity index (χ0v) is 13.4. The zero-order chi connectivity index (χ0) is 17.3. The van der Waals surface area contributed by atoms with E-state index in [-0.39, 0.29) is 0 Å². The Balaban J connectivity index is 2.29. The summed E-state index contributed by atoms with van der Waals surface area (Å²) in [5, 5.41) is 32.4. The topological polar surface area (TPSA) is 117 Å². The van der Waals surface area contributed by atoms with Crippen LogP contribution in [0.1, 0.15) is 25.6 Å². The maximum atomic E-state index is 12.2. The predicted molar refractivity (Wildman–Crippen MR) is 84.3 cm³/mol. The zero-order valence-electron chi connectivity index (χ0n) is 13.4. The van der Waals surface area contributed by atoms with Crippen LogP contribution in [-0.2, 0) is 4.74 Å². The first-order valence-corrected chi connectivity index (χ1v) is 7.45. The largest absolute Gasteiger partial charge is 0.510 e. The Hall–Kier alpha value is -1.90. The minimum atomic E-state index is -1.38. The van der Waals surface area contributed by atoms with Gasteiger partial charge in [-0.1, -0.05) is 20.4 Å². The summed E-state index contributed by atoms with van der Waals surface area (Å²) in [5.41, 5.74) is 0.0733. The van der Waals surface area contributed by atoms with Crippen molar-refractivity contribution in [3.8, 4) is 0 Å². The van der Waals surface area contributed by atoms with Crippen LogP contribution in [0.25, 0.3) is 0 Å². The van der Waals surface area contributed by atoms with Gasteiger partial charge in [0.05, 0.1) is 0 Å². The van der Waals surface area contributed by atoms with Crippen molar-refractivity contribution in [2.24, 2.45) is 5.92 Å². The Kier molecular flexibility index (Phi) is 5.08. The molecular formula is C15H23N3O5. The van der Waals surface area contributed by atoms with Gasteiger partial charge in [-0.25, -0.2) is 4.79 Å². The number of hydrogen-bond acceptors (Lipinski definition) is 7. The number of aromatic nitrogens is 2. The van der Waals surface area contributed by atoms with Crippen molar-refractivity contribution in [2.45, 2.75) is 45.3 Å². The van der Waals surface area contributed by atoms with Gasteiger partial charge >= 0.3 is 5.69 Å². The molecule has 1 fully saturated rings. The predicted octanol–water partition coefficient (Wildman–Crippen LogP) is 0.311. The molecule has 2 rings (SSSR count). The van der Waals surface area contributed by atoms with Gasteiger partial charge in [-0.15, -0.1) is 0 Å². The first-order chi connectivity index (χ1) is 10.7. The Morgan fingerprint density at radius 1 is 1.48 bits per heavy atom. The van der Waals surface area contributed by atoms with Gasteiger partial charge < -0.3 is 25.4 Å². The average Bonchev–Trinajstić information content (AvgIpc) is 2.76. The third kappa shape index (κ3) is 3.54. The highest BCUT2D eigenvalue weighted by Crippen LogP contribution is 2.31. The van der Waals surface area contributed by atoms with Crippen LogP contribution in [0.5, 0.6) is 0 Å². The van der Waals surface area contributed by atoms with Crippen LogP contribution in [0.15, 0.2) is 23.3 Å². The Morgan fingerprint density at radius 3 is 2.65 bits per heavy atom. The summed E-state index contributed by atoms with van der Waals surface area (Å²) >= 11 is 0. The molecule has 0 bridgehead atoms. The van der Waals surface area contributed by atoms with Crippen LogP contribution < -0.4 is 11.0 Å². The molecule has 1 aromatic rings. The minimum absolute atomic E-state index is 0.394. The van der Waals surface area contributed by atoms with Crippen LogP contribution in [0.4, 0.5) is 5.82 Å². The second-order valence-corrected chi connectivity index (χ2v) is 6.16. The first-order valence-electron chi connectivity index (χ1n) is 7.45. The van der Waals surface area contributed by atoms with Crippen molar-refractivity contribution < 1.29 is 20.1 Å². The lowest BCUT2D eigenvalue weighted by molar-refractivity contribution is -0.0387. The molecule has 4 atom stereocenters. The van der Waals surface area contributed by atoms with Gasteiger partial charge in [0, 0.05) is 18.3 Å². The van der Waals surface area contributed by atoms with E-state index in [0.29, 0.717) is 23.8 Å². The third-order valence-electron chi connectivity index (χ3n) is 3.65. The number of nitrogens with one attached hydrogen (secondary N) is 1. The van der Waals surface area contributed by atoms with E-state index >= 15 is 0 Å². The molecule has 0 radical (unpaired) electrons. The SMILES string of the molecule is C=C(O)[C@H]1O[C@@H](n2cc(C)c(NCC(C)C)nc2=O)[C@H](O)[C@@H]1O. The van der Waals surface area contributed by atoms with Crippen molar-refractivity contribution in [1.29, 1.82) is 0 Å². The first kappa shape index (κ1) is 17.5. The van der Waals surface area contributed by atoms with Crippen molar-refractivity contribution in [3.05, 3.63) is 34.6 Å². The van der Waals surface area contributed by atoms with E-state index in [1.165, 1.54) is 6.20 Å². The summed E-state index contributed by atoms with van der Waals surface area (Å²) in [6.07, 6.45) is -3.54. The van der Waals surface area contributed by atoms with E-state index in [2.05, 4.69) is 16.9 Å². The highest BCUT2D eigenvalue weighted by atomic mass is 16.6. The molecule has 8 nitrogen and oxygen atoms in total. The lowest BCUT2D eigenvalue weighted by Crippen LogP contribution is -2.36. The normalized spacial score (nSPS) is 27.4. The van der Waals surface area contributed by atoms with Crippen LogP contribution in [-0.4, -0.2) is 49.7 Å². The number of hydrogen-bond donors (Lipinski definition) is 4. The second-order valence-electron chi connectivity index (χ2n) is 6.16. The van der Waals surface area contributed by atoms with Crippen LogP contribution >= 0.6 is 0 Å². The summed E-state index contributed by atoms with van der Waals surface area (Å²) in [4.78, 5) is 16.2. The van der Waals surface area contributed by atoms with Crippen molar-refractivity contribution >= 4 is 5.82 Å². The molecule has 1 saturated heterocycles. The molecule has 128 valence electrons. The van der Waals surface area contributed by atoms with Crippen molar-refractivity contribution in [3.63, 3.8) is 0 Å². The Labute approximate surface area is 134 Å². The van der Waals surface area contributed by atoms with E-state index in [0.717, 1.165) is 4.57 Å². The summed E-state index contributed by atoms with van der Waals surface area (Å²) in [5.74, 6) is 0.452. The van der Waals surface area contributed by atoms with E-state index in [1.807, 2.05) is 13.8 Å². The van der Waals surface area contributed by atoms with Crippen LogP contribution in [0.2, 0.25) is 0 Å². The van der Waals surface area contributed by atoms with Gasteiger partial charge in [-0.2, -0.15) is 4.98 Å². The van der Waals surface area contributed by atoms with E-state index < -0.39 is 36.0 Å². The third-order valence-corrected chi connectivity index (χ3v) is 3.65. The highest BCUT2D eigenvalue weighted by Gasteiger charge is 2.45. The summed E-state index contributed by atoms with van der Waals surface area (Å²) in [7, 11) is 0. The molecule has 0 aromatic carbocycles. The highest BCUT2D eigenvalue weighted by molar-refractivity contribution is 5.41. The molecule has 0 aliphatic carbocycles. The minimum Gasteiger partial charge on any atom is -0.510 e. The van der Waals surface area contributed by atoms with Gasteiger partial charge in [-0.3, -0.25) is 4.57 Å². The van der Waals surface area contributed by atoms with E-state index in [9.17, 15) is 20.1 Å². The number of nitrogens with zero attached hydrogens (tertiary/aromatic N) is 2. The lowest BCUT2D eigenvalue weighted by Gasteiger charge is -2.19. The fraction of sp³-hybridized carbons (Fsp3) is 0.600. The number of rotatable bonds is 5. The monoisotopic (exact) mass is 325 g/mol. The van der Waals surface area contributed by atoms with Gasteiger partial charge in [0.25, 0.3) is 0 Å². The molecule has 4 N–H and O–H groups in total. The van der Waals surface area contributed by atoms with E-state index in [1.54, 1.807) is 6.92 Å². The summed E-state index contributed by atoms with van der Waals surface area (Å²) in [6.45, 7) is 9.81. The Bertz CT molecular complexity index is 642. The molecule has 23 heavy (non-hydrogen) atoms. The molecular weight excluding hydrogens is 302 g/mol. The van der Waals surface area contributed by atoms with Gasteiger partial charge in [0.2, 0.25) is 0 Å². The molecule has 8 heteroatoms. The standard InChI is InChI=1S/C15H23N3O5/c1-7(2)5-16-13-8(3)6-18(15(22)17-13)14-11(21)10(20)12(23-14)9(4)19/h6-7,10-12,14,19-21H,4-5H2,1-3H3,(H,16,17,22)/t10-,11+,12+,14+/m0/s1. The Morgan fingerprint density at radius 2 is 2.13 bits per heavy atom. The molecule has 0 unspecified atom stereocenters. The molecule has 0 saturated carbocycles. The maximum absolute atomic E-state index is 12.2. The fourth-order valence-electron chi connectivity index (χ4n) is 2.39. The molecule has 1 aliphatic rings. The number of ether oxygens (including phenoxy) is 1. The number of aryl methyl sites for hydroxylation is 1. The molecule has 1 aliphatic heterocycles. The van der Waals surface area contributed by atoms with Gasteiger partial charge in [0.15, 0.2) is 6.23 Å². The number of aliphatic hydroxyl groups is 3. The van der Waals surface area contributed by atoms with E-state index in [4.69, 9.17) is 4.74 Å². The van der Waals surface area contributed by atoms with Gasteiger partial charge in [0.1, 0.15) is 29.9 Å². The smallest absolute Gasteiger partial charge is 0.351 e. The average molecular weight is 325 g/mol.